The van der Waals surface area contributed by atoms with E-state index in [1.54, 1.807) is 7.11 Å². The Balaban J connectivity index is 1.55. The topological polar surface area (TPSA) is 46.5 Å². The van der Waals surface area contributed by atoms with Crippen molar-refractivity contribution < 1.29 is 14.2 Å². The average molecular weight is 422 g/mol. The van der Waals surface area contributed by atoms with Gasteiger partial charge in [0, 0.05) is 37.9 Å². The van der Waals surface area contributed by atoms with Crippen LogP contribution >= 0.6 is 0 Å². The maximum absolute atomic E-state index is 6.82. The molecule has 1 fully saturated rings. The van der Waals surface area contributed by atoms with Crippen molar-refractivity contribution in [1.82, 2.24) is 9.91 Å². The first-order valence-electron chi connectivity index (χ1n) is 11.4. The Morgan fingerprint density at radius 1 is 1.10 bits per heavy atom. The third-order valence-corrected chi connectivity index (χ3v) is 6.80. The molecule has 0 aromatic heterocycles. The third kappa shape index (κ3) is 3.43. The Morgan fingerprint density at radius 2 is 1.87 bits per heavy atom. The summed E-state index contributed by atoms with van der Waals surface area (Å²) in [6.45, 7) is 7.96. The summed E-state index contributed by atoms with van der Waals surface area (Å²) in [5.41, 5.74) is 2.98. The zero-order valence-corrected chi connectivity index (χ0v) is 18.6. The molecule has 3 heterocycles. The van der Waals surface area contributed by atoms with Crippen LogP contribution in [0.1, 0.15) is 50.3 Å². The number of rotatable bonds is 5. The van der Waals surface area contributed by atoms with Crippen molar-refractivity contribution >= 4 is 5.71 Å². The van der Waals surface area contributed by atoms with E-state index < -0.39 is 5.72 Å². The van der Waals surface area contributed by atoms with Gasteiger partial charge in [-0.3, -0.25) is 0 Å². The van der Waals surface area contributed by atoms with Crippen LogP contribution < -0.4 is 14.2 Å². The summed E-state index contributed by atoms with van der Waals surface area (Å²) in [5, 5.41) is 7.42. The van der Waals surface area contributed by atoms with Gasteiger partial charge in [-0.15, -0.1) is 0 Å². The summed E-state index contributed by atoms with van der Waals surface area (Å²) in [7, 11) is 1.69. The molecule has 31 heavy (non-hydrogen) atoms. The molecule has 2 aromatic carbocycles. The second-order valence-electron chi connectivity index (χ2n) is 8.43. The van der Waals surface area contributed by atoms with E-state index in [2.05, 4.69) is 41.1 Å². The van der Waals surface area contributed by atoms with Crippen LogP contribution in [-0.2, 0) is 0 Å². The molecular formula is C25H31N3O3. The normalized spacial score (nSPS) is 21.8. The molecule has 0 N–H and O–H groups in total. The number of methoxy groups -OCH3 is 1. The Bertz CT molecular complexity index is 964. The number of para-hydroxylation sites is 1. The second-order valence-corrected chi connectivity index (χ2v) is 8.43. The summed E-state index contributed by atoms with van der Waals surface area (Å²) in [4.78, 5) is 2.48. The third-order valence-electron chi connectivity index (χ3n) is 6.80. The maximum atomic E-state index is 6.82. The highest BCUT2D eigenvalue weighted by molar-refractivity contribution is 6.02. The number of hydrogen-bond acceptors (Lipinski definition) is 6. The van der Waals surface area contributed by atoms with Gasteiger partial charge in [0.2, 0.25) is 5.72 Å². The molecule has 0 amide bonds. The molecule has 5 rings (SSSR count). The van der Waals surface area contributed by atoms with Crippen LogP contribution in [-0.4, -0.2) is 54.7 Å². The van der Waals surface area contributed by atoms with Crippen LogP contribution in [0.3, 0.4) is 0 Å². The van der Waals surface area contributed by atoms with Crippen LogP contribution in [0, 0.1) is 0 Å². The Labute approximate surface area is 184 Å². The number of benzene rings is 2. The van der Waals surface area contributed by atoms with E-state index in [1.807, 2.05) is 25.1 Å². The molecule has 1 atom stereocenters. The van der Waals surface area contributed by atoms with E-state index in [-0.39, 0.29) is 6.04 Å². The molecule has 6 heteroatoms. The molecule has 2 aromatic rings. The van der Waals surface area contributed by atoms with E-state index in [0.717, 1.165) is 67.4 Å². The molecule has 6 nitrogen and oxygen atoms in total. The van der Waals surface area contributed by atoms with E-state index in [4.69, 9.17) is 19.3 Å². The number of nitrogens with zero attached hydrogens (tertiary/aromatic N) is 3. The highest BCUT2D eigenvalue weighted by Crippen LogP contribution is 2.52. The summed E-state index contributed by atoms with van der Waals surface area (Å²) in [6.07, 6.45) is 2.71. The lowest BCUT2D eigenvalue weighted by molar-refractivity contribution is -0.150. The Kier molecular flexibility index (Phi) is 5.26. The first kappa shape index (κ1) is 20.2. The van der Waals surface area contributed by atoms with Gasteiger partial charge in [-0.05, 0) is 49.4 Å². The van der Waals surface area contributed by atoms with Crippen LogP contribution in [0.4, 0.5) is 0 Å². The van der Waals surface area contributed by atoms with Gasteiger partial charge in [0.05, 0.1) is 25.5 Å². The van der Waals surface area contributed by atoms with Crippen LogP contribution in [0.25, 0.3) is 0 Å². The molecule has 1 spiro atoms. The summed E-state index contributed by atoms with van der Waals surface area (Å²) >= 11 is 0. The number of ether oxygens (including phenoxy) is 3. The van der Waals surface area contributed by atoms with Crippen molar-refractivity contribution in [3.05, 3.63) is 53.6 Å². The van der Waals surface area contributed by atoms with Gasteiger partial charge in [-0.25, -0.2) is 5.01 Å². The smallest absolute Gasteiger partial charge is 0.200 e. The molecule has 0 saturated carbocycles. The van der Waals surface area contributed by atoms with Crippen molar-refractivity contribution in [1.29, 1.82) is 0 Å². The minimum atomic E-state index is -0.426. The molecular weight excluding hydrogens is 390 g/mol. The summed E-state index contributed by atoms with van der Waals surface area (Å²) < 4.78 is 18.1. The standard InChI is InChI=1S/C25H31N3O3/c1-4-27-15-13-25(14-16-27)28-22(20-7-6-8-23(30-5-2)24(20)31-25)17-21(26-28)18-9-11-19(29-3)12-10-18/h6-12,22H,4-5,13-17H2,1-3H3. The van der Waals surface area contributed by atoms with Crippen molar-refractivity contribution in [2.75, 3.05) is 33.4 Å². The zero-order chi connectivity index (χ0) is 21.4. The van der Waals surface area contributed by atoms with E-state index >= 15 is 0 Å². The first-order valence-corrected chi connectivity index (χ1v) is 11.4. The highest BCUT2D eigenvalue weighted by atomic mass is 16.6. The van der Waals surface area contributed by atoms with E-state index in [1.165, 1.54) is 5.56 Å². The molecule has 0 bridgehead atoms. The van der Waals surface area contributed by atoms with Gasteiger partial charge in [-0.1, -0.05) is 19.1 Å². The minimum Gasteiger partial charge on any atom is -0.497 e. The molecule has 0 radical (unpaired) electrons. The van der Waals surface area contributed by atoms with Crippen LogP contribution in [0.15, 0.2) is 47.6 Å². The monoisotopic (exact) mass is 421 g/mol. The number of hydrazone groups is 1. The summed E-state index contributed by atoms with van der Waals surface area (Å²) in [5.74, 6) is 2.61. The fraction of sp³-hybridized carbons (Fsp3) is 0.480. The molecule has 3 aliphatic rings. The van der Waals surface area contributed by atoms with Gasteiger partial charge in [0.15, 0.2) is 11.5 Å². The van der Waals surface area contributed by atoms with E-state index in [0.29, 0.717) is 6.61 Å². The first-order chi connectivity index (χ1) is 15.2. The van der Waals surface area contributed by atoms with Crippen molar-refractivity contribution in [3.8, 4) is 17.2 Å². The molecule has 1 saturated heterocycles. The van der Waals surface area contributed by atoms with Crippen LogP contribution in [0.5, 0.6) is 17.2 Å². The number of fused-ring (bicyclic) bond motifs is 4. The summed E-state index contributed by atoms with van der Waals surface area (Å²) in [6, 6.07) is 14.6. The fourth-order valence-electron chi connectivity index (χ4n) is 5.05. The maximum Gasteiger partial charge on any atom is 0.200 e. The molecule has 1 unspecified atom stereocenters. The number of likely N-dealkylation sites (tertiary alicyclic amines) is 1. The zero-order valence-electron chi connectivity index (χ0n) is 18.6. The van der Waals surface area contributed by atoms with Gasteiger partial charge >= 0.3 is 0 Å². The molecule has 3 aliphatic heterocycles. The highest BCUT2D eigenvalue weighted by Gasteiger charge is 2.52. The largest absolute Gasteiger partial charge is 0.497 e. The van der Waals surface area contributed by atoms with Gasteiger partial charge in [-0.2, -0.15) is 5.10 Å². The fourth-order valence-corrected chi connectivity index (χ4v) is 5.05. The van der Waals surface area contributed by atoms with E-state index in [9.17, 15) is 0 Å². The number of piperidine rings is 1. The van der Waals surface area contributed by atoms with Crippen molar-refractivity contribution in [2.45, 2.75) is 44.9 Å². The molecule has 0 aliphatic carbocycles. The lowest BCUT2D eigenvalue weighted by Crippen LogP contribution is -2.59. The van der Waals surface area contributed by atoms with Gasteiger partial charge in [0.25, 0.3) is 0 Å². The Hall–Kier alpha value is -2.73. The predicted molar refractivity (Wildman–Crippen MR) is 121 cm³/mol. The second kappa shape index (κ2) is 8.08. The lowest BCUT2D eigenvalue weighted by atomic mass is 9.90. The lowest BCUT2D eigenvalue weighted by Gasteiger charge is -2.51. The average Bonchev–Trinajstić information content (AvgIpc) is 3.27. The number of hydrogen-bond donors (Lipinski definition) is 0. The van der Waals surface area contributed by atoms with Crippen molar-refractivity contribution in [2.24, 2.45) is 5.10 Å². The SMILES string of the molecule is CCOc1cccc2c1OC1(CCN(CC)CC1)N1N=C(c3ccc(OC)cc3)CC21. The quantitative estimate of drug-likeness (QED) is 0.714. The minimum absolute atomic E-state index is 0.162. The predicted octanol–water partition coefficient (Wildman–Crippen LogP) is 4.45. The Morgan fingerprint density at radius 3 is 2.55 bits per heavy atom. The molecule has 164 valence electrons. The van der Waals surface area contributed by atoms with Gasteiger partial charge < -0.3 is 19.1 Å². The van der Waals surface area contributed by atoms with Gasteiger partial charge in [0.1, 0.15) is 5.75 Å². The van der Waals surface area contributed by atoms with Crippen LogP contribution in [0.2, 0.25) is 0 Å². The van der Waals surface area contributed by atoms with Crippen molar-refractivity contribution in [3.63, 3.8) is 0 Å².